The van der Waals surface area contributed by atoms with Gasteiger partial charge in [0.2, 0.25) is 0 Å². The van der Waals surface area contributed by atoms with Gasteiger partial charge >= 0.3 is 0 Å². The molecule has 1 N–H and O–H groups in total. The normalized spacial score (nSPS) is 15.4. The Kier molecular flexibility index (Phi) is 6.14. The number of halogens is 1. The highest BCUT2D eigenvalue weighted by molar-refractivity contribution is 7.92. The summed E-state index contributed by atoms with van der Waals surface area (Å²) in [6.07, 6.45) is -1.13. The van der Waals surface area contributed by atoms with Gasteiger partial charge in [-0.15, -0.1) is 0 Å². The van der Waals surface area contributed by atoms with E-state index in [2.05, 4.69) is 5.32 Å². The Labute approximate surface area is 197 Å². The standard InChI is InChI=1S/C24H21ClN2O5S/c1-15-6-9-20(10-7-15)33(30,31)27-14-23(32-22-11-8-18(25)13-21(22)27)24(29)26-19-5-3-4-17(12-19)16(2)28/h3-13,23H,14H2,1-2H3,(H,26,29). The number of hydrogen-bond acceptors (Lipinski definition) is 5. The number of nitrogens with zero attached hydrogens (tertiary/aromatic N) is 1. The smallest absolute Gasteiger partial charge is 0.267 e. The molecule has 4 rings (SSSR count). The number of anilines is 2. The number of carbonyl (C=O) groups is 2. The van der Waals surface area contributed by atoms with Gasteiger partial charge in [0, 0.05) is 16.3 Å². The molecule has 7 nitrogen and oxygen atoms in total. The molecule has 1 amide bonds. The SMILES string of the molecule is CC(=O)c1cccc(NC(=O)C2CN(S(=O)(=O)c3ccc(C)cc3)c3cc(Cl)ccc3O2)c1. The quantitative estimate of drug-likeness (QED) is 0.540. The monoisotopic (exact) mass is 484 g/mol. The molecule has 1 aliphatic rings. The zero-order valence-electron chi connectivity index (χ0n) is 17.9. The number of carbonyl (C=O) groups excluding carboxylic acids is 2. The summed E-state index contributed by atoms with van der Waals surface area (Å²) in [5, 5.41) is 3.04. The van der Waals surface area contributed by atoms with Crippen LogP contribution in [0.15, 0.2) is 71.6 Å². The van der Waals surface area contributed by atoms with Crippen LogP contribution in [0, 0.1) is 6.92 Å². The Hall–Kier alpha value is -3.36. The van der Waals surface area contributed by atoms with Crippen molar-refractivity contribution in [1.29, 1.82) is 0 Å². The lowest BCUT2D eigenvalue weighted by molar-refractivity contribution is -0.122. The van der Waals surface area contributed by atoms with Gasteiger partial charge in [0.1, 0.15) is 5.75 Å². The van der Waals surface area contributed by atoms with Crippen LogP contribution in [0.1, 0.15) is 22.8 Å². The molecule has 0 fully saturated rings. The first-order chi connectivity index (χ1) is 15.6. The molecule has 3 aromatic rings. The van der Waals surface area contributed by atoms with Gasteiger partial charge in [-0.1, -0.05) is 41.4 Å². The van der Waals surface area contributed by atoms with Crippen molar-refractivity contribution in [2.45, 2.75) is 24.8 Å². The molecule has 0 aromatic heterocycles. The maximum Gasteiger partial charge on any atom is 0.267 e. The molecule has 0 radical (unpaired) electrons. The number of ketones is 1. The maximum atomic E-state index is 13.5. The molecule has 1 atom stereocenters. The molecule has 0 saturated carbocycles. The minimum Gasteiger partial charge on any atom is -0.476 e. The van der Waals surface area contributed by atoms with Gasteiger partial charge in [-0.05, 0) is 56.3 Å². The highest BCUT2D eigenvalue weighted by Gasteiger charge is 2.37. The second kappa shape index (κ2) is 8.88. The first kappa shape index (κ1) is 22.8. The summed E-state index contributed by atoms with van der Waals surface area (Å²) in [6.45, 7) is 3.05. The van der Waals surface area contributed by atoms with Crippen molar-refractivity contribution in [3.05, 3.63) is 82.9 Å². The zero-order chi connectivity index (χ0) is 23.8. The lowest BCUT2D eigenvalue weighted by atomic mass is 10.1. The summed E-state index contributed by atoms with van der Waals surface area (Å²) < 4.78 is 33.9. The summed E-state index contributed by atoms with van der Waals surface area (Å²) in [4.78, 5) is 24.7. The van der Waals surface area contributed by atoms with Crippen LogP contribution in [-0.4, -0.2) is 32.8 Å². The second-order valence-electron chi connectivity index (χ2n) is 7.69. The first-order valence-corrected chi connectivity index (χ1v) is 11.9. The average Bonchev–Trinajstić information content (AvgIpc) is 2.78. The van der Waals surface area contributed by atoms with Crippen molar-refractivity contribution in [2.75, 3.05) is 16.2 Å². The number of amides is 1. The molecule has 9 heteroatoms. The molecule has 0 bridgehead atoms. The number of ether oxygens (including phenoxy) is 1. The van der Waals surface area contributed by atoms with E-state index < -0.39 is 22.0 Å². The van der Waals surface area contributed by atoms with Crippen LogP contribution in [0.2, 0.25) is 5.02 Å². The molecule has 170 valence electrons. The van der Waals surface area contributed by atoms with Gasteiger partial charge in [-0.2, -0.15) is 0 Å². The molecular weight excluding hydrogens is 464 g/mol. The average molecular weight is 485 g/mol. The predicted molar refractivity (Wildman–Crippen MR) is 127 cm³/mol. The lowest BCUT2D eigenvalue weighted by Gasteiger charge is -2.35. The fourth-order valence-corrected chi connectivity index (χ4v) is 5.10. The van der Waals surface area contributed by atoms with E-state index in [0.717, 1.165) is 9.87 Å². The molecule has 1 aliphatic heterocycles. The van der Waals surface area contributed by atoms with Crippen molar-refractivity contribution in [3.8, 4) is 5.75 Å². The summed E-state index contributed by atoms with van der Waals surface area (Å²) in [7, 11) is -4.00. The number of benzene rings is 3. The first-order valence-electron chi connectivity index (χ1n) is 10.1. The van der Waals surface area contributed by atoms with E-state index in [0.29, 0.717) is 16.3 Å². The zero-order valence-corrected chi connectivity index (χ0v) is 19.5. The van der Waals surface area contributed by atoms with Crippen molar-refractivity contribution >= 4 is 44.7 Å². The summed E-state index contributed by atoms with van der Waals surface area (Å²) in [5.74, 6) is -0.458. The Bertz CT molecular complexity index is 1340. The number of nitrogens with one attached hydrogen (secondary N) is 1. The van der Waals surface area contributed by atoms with Crippen molar-refractivity contribution in [2.24, 2.45) is 0 Å². The van der Waals surface area contributed by atoms with Crippen LogP contribution < -0.4 is 14.4 Å². The van der Waals surface area contributed by atoms with Crippen molar-refractivity contribution in [3.63, 3.8) is 0 Å². The van der Waals surface area contributed by atoms with E-state index in [1.54, 1.807) is 42.5 Å². The van der Waals surface area contributed by atoms with Crippen molar-refractivity contribution < 1.29 is 22.7 Å². The number of sulfonamides is 1. The van der Waals surface area contributed by atoms with Crippen LogP contribution in [0.4, 0.5) is 11.4 Å². The molecule has 0 spiro atoms. The maximum absolute atomic E-state index is 13.5. The number of aryl methyl sites for hydroxylation is 1. The van der Waals surface area contributed by atoms with Crippen LogP contribution in [0.5, 0.6) is 5.75 Å². The molecule has 0 aliphatic carbocycles. The summed E-state index contributed by atoms with van der Waals surface area (Å²) in [5.41, 5.74) is 2.03. The van der Waals surface area contributed by atoms with Crippen LogP contribution in [0.25, 0.3) is 0 Å². The van der Waals surface area contributed by atoms with Crippen LogP contribution >= 0.6 is 11.6 Å². The number of Topliss-reactive ketones (excluding diaryl/α,β-unsaturated/α-hetero) is 1. The Morgan fingerprint density at radius 3 is 2.48 bits per heavy atom. The molecular formula is C24H21ClN2O5S. The van der Waals surface area contributed by atoms with Crippen LogP contribution in [0.3, 0.4) is 0 Å². The fourth-order valence-electron chi connectivity index (χ4n) is 3.46. The van der Waals surface area contributed by atoms with Gasteiger partial charge < -0.3 is 10.1 Å². The highest BCUT2D eigenvalue weighted by atomic mass is 35.5. The minimum absolute atomic E-state index is 0.0919. The third-order valence-electron chi connectivity index (χ3n) is 5.23. The van der Waals surface area contributed by atoms with Crippen molar-refractivity contribution in [1.82, 2.24) is 0 Å². The largest absolute Gasteiger partial charge is 0.476 e. The van der Waals surface area contributed by atoms with Gasteiger partial charge in [-0.3, -0.25) is 13.9 Å². The van der Waals surface area contributed by atoms with Gasteiger partial charge in [0.05, 0.1) is 17.1 Å². The summed E-state index contributed by atoms with van der Waals surface area (Å²) >= 11 is 6.12. The van der Waals surface area contributed by atoms with E-state index in [1.807, 2.05) is 6.92 Å². The fraction of sp³-hybridized carbons (Fsp3) is 0.167. The predicted octanol–water partition coefficient (Wildman–Crippen LogP) is 4.45. The Balaban J connectivity index is 1.68. The molecule has 1 heterocycles. The summed E-state index contributed by atoms with van der Waals surface area (Å²) in [6, 6.07) is 17.5. The number of rotatable bonds is 5. The highest BCUT2D eigenvalue weighted by Crippen LogP contribution is 2.39. The molecule has 3 aromatic carbocycles. The lowest BCUT2D eigenvalue weighted by Crippen LogP contribution is -2.48. The van der Waals surface area contributed by atoms with E-state index >= 15 is 0 Å². The number of fused-ring (bicyclic) bond motifs is 1. The second-order valence-corrected chi connectivity index (χ2v) is 9.99. The third-order valence-corrected chi connectivity index (χ3v) is 7.26. The Morgan fingerprint density at radius 2 is 1.79 bits per heavy atom. The third kappa shape index (κ3) is 4.72. The van der Waals surface area contributed by atoms with E-state index in [1.165, 1.54) is 31.2 Å². The topological polar surface area (TPSA) is 92.8 Å². The Morgan fingerprint density at radius 1 is 1.06 bits per heavy atom. The van der Waals surface area contributed by atoms with E-state index in [4.69, 9.17) is 16.3 Å². The molecule has 1 unspecified atom stereocenters. The minimum atomic E-state index is -4.00. The van der Waals surface area contributed by atoms with Crippen LogP contribution in [-0.2, 0) is 14.8 Å². The van der Waals surface area contributed by atoms with E-state index in [9.17, 15) is 18.0 Å². The molecule has 0 saturated heterocycles. The molecule has 33 heavy (non-hydrogen) atoms. The van der Waals surface area contributed by atoms with E-state index in [-0.39, 0.29) is 28.7 Å². The van der Waals surface area contributed by atoms with Gasteiger partial charge in [-0.25, -0.2) is 8.42 Å². The van der Waals surface area contributed by atoms with Gasteiger partial charge in [0.15, 0.2) is 11.9 Å². The number of hydrogen-bond donors (Lipinski definition) is 1. The van der Waals surface area contributed by atoms with Gasteiger partial charge in [0.25, 0.3) is 15.9 Å².